The van der Waals surface area contributed by atoms with Crippen molar-refractivity contribution in [2.75, 3.05) is 19.0 Å². The molecule has 3 aromatic heterocycles. The number of benzene rings is 2. The molecule has 0 aliphatic carbocycles. The molecule has 0 bridgehead atoms. The van der Waals surface area contributed by atoms with Gasteiger partial charge in [-0.05, 0) is 24.6 Å². The summed E-state index contributed by atoms with van der Waals surface area (Å²) in [7, 11) is 1.52. The molecule has 5 aromatic rings. The summed E-state index contributed by atoms with van der Waals surface area (Å²) in [6.07, 6.45) is -0.146. The Kier molecular flexibility index (Phi) is 7.18. The molecular weight excluding hydrogens is 526 g/mol. The van der Waals surface area contributed by atoms with Crippen molar-refractivity contribution in [3.63, 3.8) is 0 Å². The number of rotatable bonds is 8. The molecule has 0 saturated carbocycles. The Hall–Kier alpha value is -4.65. The molecule has 4 N–H and O–H groups in total. The monoisotopic (exact) mass is 555 g/mol. The second-order valence-corrected chi connectivity index (χ2v) is 9.85. The van der Waals surface area contributed by atoms with Crippen molar-refractivity contribution in [3.8, 4) is 5.75 Å². The highest BCUT2D eigenvalue weighted by Gasteiger charge is 2.46. The number of carbonyl (C=O) groups is 1. The number of methoxy groups -OCH3 is 1. The molecule has 4 heterocycles. The van der Waals surface area contributed by atoms with Crippen molar-refractivity contribution >= 4 is 33.8 Å². The summed E-state index contributed by atoms with van der Waals surface area (Å²) in [4.78, 5) is 31.2. The molecule has 210 valence electrons. The molecule has 1 amide bonds. The zero-order valence-corrected chi connectivity index (χ0v) is 22.4. The fraction of sp³-hybridized carbons (Fsp3) is 0.276. The van der Waals surface area contributed by atoms with Crippen LogP contribution in [0.25, 0.3) is 22.1 Å². The van der Waals surface area contributed by atoms with E-state index >= 15 is 0 Å². The minimum Gasteiger partial charge on any atom is -0.496 e. The summed E-state index contributed by atoms with van der Waals surface area (Å²) < 4.78 is 13.1. The van der Waals surface area contributed by atoms with Crippen LogP contribution in [0.5, 0.6) is 5.75 Å². The fourth-order valence-electron chi connectivity index (χ4n) is 5.12. The third-order valence-electron chi connectivity index (χ3n) is 7.15. The number of imidazole rings is 1. The minimum atomic E-state index is -1.21. The van der Waals surface area contributed by atoms with Gasteiger partial charge in [0.2, 0.25) is 0 Å². The number of hydrogen-bond acceptors (Lipinski definition) is 10. The Morgan fingerprint density at radius 3 is 2.78 bits per heavy atom. The number of amides is 1. The van der Waals surface area contributed by atoms with Gasteiger partial charge in [-0.3, -0.25) is 9.36 Å². The van der Waals surface area contributed by atoms with Gasteiger partial charge >= 0.3 is 0 Å². The topological polar surface area (TPSA) is 157 Å². The Labute approximate surface area is 235 Å². The van der Waals surface area contributed by atoms with E-state index in [-0.39, 0.29) is 5.69 Å². The van der Waals surface area contributed by atoms with Gasteiger partial charge in [-0.2, -0.15) is 0 Å². The van der Waals surface area contributed by atoms with E-state index in [1.54, 1.807) is 16.7 Å². The first kappa shape index (κ1) is 26.6. The first-order valence-corrected chi connectivity index (χ1v) is 13.1. The van der Waals surface area contributed by atoms with E-state index in [9.17, 15) is 15.0 Å². The third-order valence-corrected chi connectivity index (χ3v) is 7.15. The summed E-state index contributed by atoms with van der Waals surface area (Å²) in [5.74, 6) is 0.488. The molecule has 4 atom stereocenters. The van der Waals surface area contributed by atoms with Crippen molar-refractivity contribution in [2.24, 2.45) is 0 Å². The maximum atomic E-state index is 13.4. The number of fused-ring (bicyclic) bond motifs is 2. The smallest absolute Gasteiger partial charge is 0.270 e. The first-order valence-electron chi connectivity index (χ1n) is 13.1. The summed E-state index contributed by atoms with van der Waals surface area (Å²) >= 11 is 0. The molecule has 1 fully saturated rings. The second kappa shape index (κ2) is 11.1. The molecular formula is C29H29N7O5. The van der Waals surface area contributed by atoms with Gasteiger partial charge in [0.15, 0.2) is 23.2 Å². The average molecular weight is 556 g/mol. The predicted octanol–water partition coefficient (Wildman–Crippen LogP) is 2.35. The van der Waals surface area contributed by atoms with Crippen LogP contribution >= 0.6 is 0 Å². The van der Waals surface area contributed by atoms with E-state index in [0.717, 1.165) is 16.5 Å². The molecule has 2 aromatic carbocycles. The lowest BCUT2D eigenvalue weighted by atomic mass is 10.1. The van der Waals surface area contributed by atoms with Crippen LogP contribution in [0, 0.1) is 6.92 Å². The van der Waals surface area contributed by atoms with Crippen LogP contribution < -0.4 is 15.4 Å². The molecule has 6 rings (SSSR count). The molecule has 0 unspecified atom stereocenters. The number of para-hydroxylation sites is 1. The Morgan fingerprint density at radius 2 is 1.98 bits per heavy atom. The van der Waals surface area contributed by atoms with Gasteiger partial charge in [0, 0.05) is 18.0 Å². The number of anilines is 1. The fourth-order valence-corrected chi connectivity index (χ4v) is 5.12. The molecule has 0 spiro atoms. The quantitative estimate of drug-likeness (QED) is 0.224. The van der Waals surface area contributed by atoms with E-state index in [0.29, 0.717) is 34.8 Å². The van der Waals surface area contributed by atoms with E-state index in [4.69, 9.17) is 9.47 Å². The van der Waals surface area contributed by atoms with Crippen molar-refractivity contribution in [1.82, 2.24) is 29.8 Å². The van der Waals surface area contributed by atoms with Gasteiger partial charge < -0.3 is 30.3 Å². The molecule has 1 saturated heterocycles. The lowest BCUT2D eigenvalue weighted by molar-refractivity contribution is -0.0440. The number of aliphatic hydroxyl groups is 2. The lowest BCUT2D eigenvalue weighted by Gasteiger charge is -2.23. The van der Waals surface area contributed by atoms with Crippen molar-refractivity contribution in [1.29, 1.82) is 0 Å². The maximum Gasteiger partial charge on any atom is 0.270 e. The van der Waals surface area contributed by atoms with Crippen molar-refractivity contribution in [2.45, 2.75) is 37.9 Å². The highest BCUT2D eigenvalue weighted by Crippen LogP contribution is 2.33. The zero-order chi connectivity index (χ0) is 28.5. The number of pyridine rings is 1. The Bertz CT molecular complexity index is 1730. The standard InChI is InChI=1S/C29H29N7O5/c1-16-6-5-7-17(10-16)12-30-26-24-27(32-14-31-26)36(15-33-24)29-23(25(38)22(13-37)41-29)35-28(39)20-11-21(40-2)18-8-3-4-9-19(18)34-20/h3-11,14-15,22-23,25,29,37-38H,12-13H2,1-2H3,(H,35,39)(H,30,31,32)/t22-,23-,25-,29-/m1/s1. The van der Waals surface area contributed by atoms with Crippen LogP contribution in [0.4, 0.5) is 5.82 Å². The number of aryl methyl sites for hydroxylation is 1. The first-order chi connectivity index (χ1) is 20.0. The Balaban J connectivity index is 1.29. The van der Waals surface area contributed by atoms with E-state index in [1.807, 2.05) is 43.3 Å². The van der Waals surface area contributed by atoms with E-state index in [1.165, 1.54) is 19.8 Å². The normalized spacial score (nSPS) is 20.4. The van der Waals surface area contributed by atoms with Gasteiger partial charge in [-0.25, -0.2) is 19.9 Å². The van der Waals surface area contributed by atoms with Crippen LogP contribution in [0.2, 0.25) is 0 Å². The maximum absolute atomic E-state index is 13.4. The Morgan fingerprint density at radius 1 is 1.12 bits per heavy atom. The molecule has 1 aliphatic rings. The number of ether oxygens (including phenoxy) is 2. The van der Waals surface area contributed by atoms with Crippen molar-refractivity contribution in [3.05, 3.63) is 84.1 Å². The van der Waals surface area contributed by atoms with Crippen LogP contribution in [0.1, 0.15) is 27.8 Å². The number of nitrogens with one attached hydrogen (secondary N) is 2. The van der Waals surface area contributed by atoms with Crippen LogP contribution in [-0.2, 0) is 11.3 Å². The molecule has 0 radical (unpaired) electrons. The lowest BCUT2D eigenvalue weighted by Crippen LogP contribution is -2.47. The average Bonchev–Trinajstić information content (AvgIpc) is 3.56. The number of aliphatic hydroxyl groups excluding tert-OH is 2. The molecule has 1 aliphatic heterocycles. The van der Waals surface area contributed by atoms with Gasteiger partial charge in [0.1, 0.15) is 36.0 Å². The number of nitrogens with zero attached hydrogens (tertiary/aromatic N) is 5. The SMILES string of the molecule is COc1cc(C(=O)N[C@@H]2[C@H](O)[C@@H](CO)O[C@H]2n2cnc3c(NCc4cccc(C)c4)ncnc32)nc2ccccc12. The van der Waals surface area contributed by atoms with Gasteiger partial charge in [0.25, 0.3) is 5.91 Å². The highest BCUT2D eigenvalue weighted by molar-refractivity contribution is 5.97. The molecule has 12 nitrogen and oxygen atoms in total. The third kappa shape index (κ3) is 5.04. The molecule has 12 heteroatoms. The summed E-state index contributed by atoms with van der Waals surface area (Å²) in [6.45, 7) is 2.12. The second-order valence-electron chi connectivity index (χ2n) is 9.85. The highest BCUT2D eigenvalue weighted by atomic mass is 16.5. The summed E-state index contributed by atoms with van der Waals surface area (Å²) in [5.41, 5.74) is 3.88. The predicted molar refractivity (Wildman–Crippen MR) is 150 cm³/mol. The summed E-state index contributed by atoms with van der Waals surface area (Å²) in [6, 6.07) is 16.1. The van der Waals surface area contributed by atoms with Crippen LogP contribution in [-0.4, -0.2) is 72.6 Å². The van der Waals surface area contributed by atoms with E-state index < -0.39 is 37.0 Å². The van der Waals surface area contributed by atoms with Gasteiger partial charge in [-0.1, -0.05) is 42.0 Å². The molecule has 41 heavy (non-hydrogen) atoms. The number of aromatic nitrogens is 5. The van der Waals surface area contributed by atoms with Crippen molar-refractivity contribution < 1.29 is 24.5 Å². The minimum absolute atomic E-state index is 0.111. The van der Waals surface area contributed by atoms with Crippen LogP contribution in [0.3, 0.4) is 0 Å². The van der Waals surface area contributed by atoms with Crippen LogP contribution in [0.15, 0.2) is 67.3 Å². The number of hydrogen-bond donors (Lipinski definition) is 4. The number of carbonyl (C=O) groups excluding carboxylic acids is 1. The summed E-state index contributed by atoms with van der Waals surface area (Å²) in [5, 5.41) is 27.8. The van der Waals surface area contributed by atoms with E-state index in [2.05, 4.69) is 36.6 Å². The zero-order valence-electron chi connectivity index (χ0n) is 22.4. The van der Waals surface area contributed by atoms with Gasteiger partial charge in [0.05, 0.1) is 25.6 Å². The van der Waals surface area contributed by atoms with Gasteiger partial charge in [-0.15, -0.1) is 0 Å². The largest absolute Gasteiger partial charge is 0.496 e.